The van der Waals surface area contributed by atoms with Crippen molar-refractivity contribution in [3.05, 3.63) is 18.2 Å². The zero-order valence-corrected chi connectivity index (χ0v) is 9.28. The Morgan fingerprint density at radius 3 is 2.60 bits per heavy atom. The van der Waals surface area contributed by atoms with E-state index in [0.29, 0.717) is 5.69 Å². The molecule has 1 heterocycles. The Morgan fingerprint density at radius 2 is 2.27 bits per heavy atom. The van der Waals surface area contributed by atoms with Gasteiger partial charge in [-0.25, -0.2) is 9.37 Å². The second-order valence-electron chi connectivity index (χ2n) is 2.83. The first-order valence-electron chi connectivity index (χ1n) is 3.64. The van der Waals surface area contributed by atoms with Crippen LogP contribution in [-0.4, -0.2) is 33.3 Å². The van der Waals surface area contributed by atoms with Gasteiger partial charge in [0.15, 0.2) is 0 Å². The number of aromatic nitrogens is 2. The van der Waals surface area contributed by atoms with E-state index in [1.807, 2.05) is 0 Å². The van der Waals surface area contributed by atoms with Gasteiger partial charge in [0.2, 0.25) is 0 Å². The smallest absolute Gasteiger partial charge is 0.326 e. The Balaban J connectivity index is 0. The quantitative estimate of drug-likeness (QED) is 0.737. The number of hydrogen-bond donors (Lipinski definition) is 3. The van der Waals surface area contributed by atoms with Crippen LogP contribution in [0.2, 0.25) is 0 Å². The average Bonchev–Trinajstić information content (AvgIpc) is 2.56. The molecule has 0 radical (unpaired) electrons. The summed E-state index contributed by atoms with van der Waals surface area (Å²) in [5.74, 6) is -1.36. The number of aliphatic carboxylic acids is 1. The number of carboxylic acid groups (broad SMARTS) is 1. The number of nitrogens with two attached hydrogens (primary N) is 1. The molecule has 0 aliphatic carbocycles. The van der Waals surface area contributed by atoms with Crippen molar-refractivity contribution in [1.29, 1.82) is 0 Å². The summed E-state index contributed by atoms with van der Waals surface area (Å²) in [6, 6.07) is 0. The van der Waals surface area contributed by atoms with Gasteiger partial charge >= 0.3 is 5.97 Å². The van der Waals surface area contributed by atoms with Crippen molar-refractivity contribution in [1.82, 2.24) is 9.97 Å². The van der Waals surface area contributed by atoms with Gasteiger partial charge in [0.25, 0.3) is 0 Å². The van der Waals surface area contributed by atoms with E-state index in [4.69, 9.17) is 10.8 Å². The fourth-order valence-electron chi connectivity index (χ4n) is 0.891. The normalized spacial score (nSPS) is 13.2. The molecule has 88 valence electrons. The van der Waals surface area contributed by atoms with Crippen LogP contribution in [0.5, 0.6) is 0 Å². The third-order valence-electron chi connectivity index (χ3n) is 1.72. The highest BCUT2D eigenvalue weighted by molar-refractivity contribution is 5.85. The van der Waals surface area contributed by atoms with Gasteiger partial charge in [-0.05, 0) is 0 Å². The summed E-state index contributed by atoms with van der Waals surface area (Å²) in [4.78, 5) is 17.0. The second kappa shape index (κ2) is 6.60. The number of carbonyl (C=O) groups is 1. The first-order chi connectivity index (χ1) is 6.08. The summed E-state index contributed by atoms with van der Waals surface area (Å²) >= 11 is 0. The average molecular weight is 260 g/mol. The highest BCUT2D eigenvalue weighted by Gasteiger charge is 2.35. The van der Waals surface area contributed by atoms with Gasteiger partial charge in [-0.2, -0.15) is 0 Å². The van der Waals surface area contributed by atoms with Crippen LogP contribution in [0.4, 0.5) is 4.39 Å². The lowest BCUT2D eigenvalue weighted by atomic mass is 9.97. The van der Waals surface area contributed by atoms with Gasteiger partial charge in [0.05, 0.1) is 12.0 Å². The molecule has 0 aliphatic heterocycles. The number of nitrogens with one attached hydrogen (secondary N) is 1. The van der Waals surface area contributed by atoms with Gasteiger partial charge in [-0.15, -0.1) is 24.8 Å². The highest BCUT2D eigenvalue weighted by atomic mass is 35.5. The summed E-state index contributed by atoms with van der Waals surface area (Å²) in [6.07, 6.45) is 2.75. The third-order valence-corrected chi connectivity index (χ3v) is 1.72. The number of nitrogens with zero attached hydrogens (tertiary/aromatic N) is 1. The lowest BCUT2D eigenvalue weighted by molar-refractivity contribution is -0.144. The van der Waals surface area contributed by atoms with Gasteiger partial charge < -0.3 is 15.8 Å². The van der Waals surface area contributed by atoms with E-state index < -0.39 is 18.2 Å². The molecule has 0 spiro atoms. The number of aromatic amines is 1. The Morgan fingerprint density at radius 1 is 1.67 bits per heavy atom. The molecule has 1 aromatic rings. The molecule has 0 saturated carbocycles. The molecule has 4 N–H and O–H groups in total. The van der Waals surface area contributed by atoms with Crippen LogP contribution >= 0.6 is 24.8 Å². The third kappa shape index (κ3) is 4.03. The van der Waals surface area contributed by atoms with Crippen molar-refractivity contribution in [3.63, 3.8) is 0 Å². The predicted octanol–water partition coefficient (Wildman–Crippen LogP) is 0.547. The molecule has 5 nitrogen and oxygen atoms in total. The lowest BCUT2D eigenvalue weighted by Gasteiger charge is -2.19. The second-order valence-corrected chi connectivity index (χ2v) is 2.83. The molecule has 0 amide bonds. The molecule has 1 atom stereocenters. The number of carboxylic acids is 1. The number of imidazole rings is 1. The molecule has 1 aromatic heterocycles. The van der Waals surface area contributed by atoms with E-state index in [9.17, 15) is 9.18 Å². The SMILES string of the molecule is Cl.Cl.NC(CF)(Cc1c[nH]cn1)C(=O)O. The minimum atomic E-state index is -1.87. The van der Waals surface area contributed by atoms with Gasteiger partial charge in [-0.1, -0.05) is 0 Å². The van der Waals surface area contributed by atoms with Crippen molar-refractivity contribution < 1.29 is 14.3 Å². The van der Waals surface area contributed by atoms with Crippen LogP contribution in [-0.2, 0) is 11.2 Å². The first-order valence-corrected chi connectivity index (χ1v) is 3.64. The van der Waals surface area contributed by atoms with E-state index in [-0.39, 0.29) is 31.2 Å². The number of H-pyrrole nitrogens is 1. The van der Waals surface area contributed by atoms with E-state index in [0.717, 1.165) is 0 Å². The maximum absolute atomic E-state index is 12.3. The summed E-state index contributed by atoms with van der Waals surface area (Å²) in [5.41, 5.74) is 3.87. The van der Waals surface area contributed by atoms with Crippen molar-refractivity contribution in [3.8, 4) is 0 Å². The van der Waals surface area contributed by atoms with Crippen LogP contribution in [0, 0.1) is 0 Å². The van der Waals surface area contributed by atoms with Crippen molar-refractivity contribution in [2.24, 2.45) is 5.73 Å². The van der Waals surface area contributed by atoms with Crippen molar-refractivity contribution in [2.75, 3.05) is 6.67 Å². The summed E-state index contributed by atoms with van der Waals surface area (Å²) in [6.45, 7) is -1.12. The fourth-order valence-corrected chi connectivity index (χ4v) is 0.891. The highest BCUT2D eigenvalue weighted by Crippen LogP contribution is 2.09. The van der Waals surface area contributed by atoms with Crippen LogP contribution < -0.4 is 5.73 Å². The maximum atomic E-state index is 12.3. The Kier molecular flexibility index (Phi) is 7.29. The molecule has 0 fully saturated rings. The topological polar surface area (TPSA) is 92.0 Å². The largest absolute Gasteiger partial charge is 0.480 e. The van der Waals surface area contributed by atoms with E-state index in [1.54, 1.807) is 0 Å². The van der Waals surface area contributed by atoms with E-state index >= 15 is 0 Å². The van der Waals surface area contributed by atoms with Crippen LogP contribution in [0.1, 0.15) is 5.69 Å². The Labute approximate surface area is 98.1 Å². The van der Waals surface area contributed by atoms with Gasteiger partial charge in [0.1, 0.15) is 12.2 Å². The maximum Gasteiger partial charge on any atom is 0.326 e. The number of alkyl halides is 1. The summed E-state index contributed by atoms with van der Waals surface area (Å²) in [5, 5.41) is 8.63. The minimum absolute atomic E-state index is 0. The molecule has 0 aromatic carbocycles. The van der Waals surface area contributed by atoms with Crippen molar-refractivity contribution >= 4 is 30.8 Å². The van der Waals surface area contributed by atoms with Gasteiger partial charge in [-0.3, -0.25) is 4.79 Å². The Hall–Kier alpha value is -0.850. The molecular weight excluding hydrogens is 248 g/mol. The molecule has 0 saturated heterocycles. The molecule has 1 unspecified atom stereocenters. The molecular formula is C7H12Cl2FN3O2. The minimum Gasteiger partial charge on any atom is -0.480 e. The van der Waals surface area contributed by atoms with E-state index in [1.165, 1.54) is 12.5 Å². The zero-order valence-electron chi connectivity index (χ0n) is 7.64. The molecule has 8 heteroatoms. The monoisotopic (exact) mass is 259 g/mol. The molecule has 15 heavy (non-hydrogen) atoms. The zero-order chi connectivity index (χ0) is 9.90. The van der Waals surface area contributed by atoms with Crippen LogP contribution in [0.25, 0.3) is 0 Å². The lowest BCUT2D eigenvalue weighted by Crippen LogP contribution is -2.52. The predicted molar refractivity (Wildman–Crippen MR) is 57.3 cm³/mol. The van der Waals surface area contributed by atoms with E-state index in [2.05, 4.69) is 9.97 Å². The molecule has 0 bridgehead atoms. The number of hydrogen-bond acceptors (Lipinski definition) is 3. The van der Waals surface area contributed by atoms with Gasteiger partial charge in [0, 0.05) is 12.6 Å². The van der Waals surface area contributed by atoms with Crippen LogP contribution in [0.3, 0.4) is 0 Å². The fraction of sp³-hybridized carbons (Fsp3) is 0.429. The summed E-state index contributed by atoms with van der Waals surface area (Å²) in [7, 11) is 0. The number of halogens is 3. The first kappa shape index (κ1) is 16.6. The Bertz CT molecular complexity index is 296. The standard InChI is InChI=1S/C7H10FN3O2.2ClH/c8-3-7(9,6(12)13)1-5-2-10-4-11-5;;/h2,4H,1,3,9H2,(H,10,11)(H,12,13);2*1H. The van der Waals surface area contributed by atoms with Crippen molar-refractivity contribution in [2.45, 2.75) is 12.0 Å². The summed E-state index contributed by atoms with van der Waals surface area (Å²) < 4.78 is 12.3. The number of rotatable bonds is 4. The van der Waals surface area contributed by atoms with Crippen LogP contribution in [0.15, 0.2) is 12.5 Å². The molecule has 1 rings (SSSR count). The molecule has 0 aliphatic rings.